The maximum Gasteiger partial charge on any atom is 0.257 e. The summed E-state index contributed by atoms with van der Waals surface area (Å²) in [6.45, 7) is 0. The predicted molar refractivity (Wildman–Crippen MR) is 108 cm³/mol. The molecule has 8 nitrogen and oxygen atoms in total. The summed E-state index contributed by atoms with van der Waals surface area (Å²) in [6, 6.07) is 8.15. The van der Waals surface area contributed by atoms with Gasteiger partial charge in [0.25, 0.3) is 5.91 Å². The molecule has 29 heavy (non-hydrogen) atoms. The van der Waals surface area contributed by atoms with Gasteiger partial charge in [0.1, 0.15) is 12.4 Å². The van der Waals surface area contributed by atoms with Crippen LogP contribution in [0.1, 0.15) is 38.5 Å². The molecule has 1 atom stereocenters. The van der Waals surface area contributed by atoms with Gasteiger partial charge in [-0.3, -0.25) is 19.5 Å². The Morgan fingerprint density at radius 1 is 1.17 bits per heavy atom. The Morgan fingerprint density at radius 3 is 2.62 bits per heavy atom. The highest BCUT2D eigenvalue weighted by Crippen LogP contribution is 2.31. The van der Waals surface area contributed by atoms with Gasteiger partial charge < -0.3 is 4.90 Å². The molecule has 0 spiro atoms. The number of anilines is 1. The summed E-state index contributed by atoms with van der Waals surface area (Å²) in [5, 5.41) is 7.07. The maximum atomic E-state index is 13.2. The largest absolute Gasteiger partial charge is 0.326 e. The fourth-order valence-electron chi connectivity index (χ4n) is 4.14. The van der Waals surface area contributed by atoms with Crippen LogP contribution >= 0.6 is 11.8 Å². The van der Waals surface area contributed by atoms with Crippen molar-refractivity contribution in [1.82, 2.24) is 20.1 Å². The molecule has 1 aliphatic carbocycles. The van der Waals surface area contributed by atoms with Crippen LogP contribution in [0.3, 0.4) is 0 Å². The Labute approximate surface area is 173 Å². The van der Waals surface area contributed by atoms with Gasteiger partial charge in [0.15, 0.2) is 5.16 Å². The minimum atomic E-state index is -0.742. The molecule has 0 bridgehead atoms. The second-order valence-corrected chi connectivity index (χ2v) is 8.26. The van der Waals surface area contributed by atoms with E-state index in [1.54, 1.807) is 29.2 Å². The molecule has 1 unspecified atom stereocenters. The molecular weight excluding hydrogens is 390 g/mol. The van der Waals surface area contributed by atoms with E-state index in [0.29, 0.717) is 10.8 Å². The zero-order valence-electron chi connectivity index (χ0n) is 16.0. The number of para-hydroxylation sites is 1. The lowest BCUT2D eigenvalue weighted by Gasteiger charge is -2.37. The van der Waals surface area contributed by atoms with Crippen molar-refractivity contribution in [2.45, 2.75) is 55.8 Å². The van der Waals surface area contributed by atoms with Crippen molar-refractivity contribution in [3.05, 3.63) is 36.7 Å². The van der Waals surface area contributed by atoms with Crippen LogP contribution < -0.4 is 4.90 Å². The normalized spacial score (nSPS) is 20.3. The van der Waals surface area contributed by atoms with Gasteiger partial charge in [0.05, 0.1) is 17.9 Å². The van der Waals surface area contributed by atoms with Crippen LogP contribution in [-0.4, -0.2) is 55.6 Å². The first kappa shape index (κ1) is 19.6. The SMILES string of the molecule is O=C1CC(N(C(=O)CSc2ncn[nH]2)C2CCCCC2)C(=O)N1c1ccccc1. The van der Waals surface area contributed by atoms with Gasteiger partial charge >= 0.3 is 0 Å². The highest BCUT2D eigenvalue weighted by Gasteiger charge is 2.46. The van der Waals surface area contributed by atoms with Crippen LogP contribution in [0.5, 0.6) is 0 Å². The van der Waals surface area contributed by atoms with Gasteiger partial charge in [-0.25, -0.2) is 9.88 Å². The van der Waals surface area contributed by atoms with Crippen molar-refractivity contribution < 1.29 is 14.4 Å². The summed E-state index contributed by atoms with van der Waals surface area (Å²) in [5.41, 5.74) is 0.553. The molecule has 3 amide bonds. The van der Waals surface area contributed by atoms with E-state index in [9.17, 15) is 14.4 Å². The molecule has 1 N–H and O–H groups in total. The van der Waals surface area contributed by atoms with Gasteiger partial charge in [-0.05, 0) is 25.0 Å². The number of aromatic amines is 1. The Kier molecular flexibility index (Phi) is 5.94. The van der Waals surface area contributed by atoms with Crippen molar-refractivity contribution >= 4 is 35.2 Å². The molecule has 1 saturated carbocycles. The third kappa shape index (κ3) is 4.19. The number of rotatable bonds is 6. The van der Waals surface area contributed by atoms with E-state index in [2.05, 4.69) is 15.2 Å². The Morgan fingerprint density at radius 2 is 1.93 bits per heavy atom. The Balaban J connectivity index is 1.56. The third-order valence-corrected chi connectivity index (χ3v) is 6.32. The zero-order chi connectivity index (χ0) is 20.2. The standard InChI is InChI=1S/C20H23N5O3S/c26-17-11-16(19(28)25(17)15-9-5-2-6-10-15)24(14-7-3-1-4-8-14)18(27)12-29-20-21-13-22-23-20/h2,5-6,9-10,13-14,16H,1,3-4,7-8,11-12H2,(H,21,22,23). The molecule has 2 aromatic rings. The number of thioether (sulfide) groups is 1. The number of amides is 3. The maximum absolute atomic E-state index is 13.2. The van der Waals surface area contributed by atoms with Gasteiger partial charge in [-0.2, -0.15) is 5.10 Å². The fourth-order valence-corrected chi connectivity index (χ4v) is 4.79. The average molecular weight is 414 g/mol. The predicted octanol–water partition coefficient (Wildman–Crippen LogP) is 2.39. The summed E-state index contributed by atoms with van der Waals surface area (Å²) < 4.78 is 0. The van der Waals surface area contributed by atoms with Crippen LogP contribution in [-0.2, 0) is 14.4 Å². The van der Waals surface area contributed by atoms with Gasteiger partial charge in [0, 0.05) is 6.04 Å². The first-order valence-corrected chi connectivity index (χ1v) is 10.8. The Hall–Kier alpha value is -2.68. The fraction of sp³-hybridized carbons (Fsp3) is 0.450. The summed E-state index contributed by atoms with van der Waals surface area (Å²) >= 11 is 1.26. The number of imide groups is 1. The quantitative estimate of drug-likeness (QED) is 0.577. The molecule has 152 valence electrons. The second-order valence-electron chi connectivity index (χ2n) is 7.30. The zero-order valence-corrected chi connectivity index (χ0v) is 16.8. The molecule has 1 aromatic heterocycles. The number of hydrogen-bond acceptors (Lipinski definition) is 6. The number of hydrogen-bond donors (Lipinski definition) is 1. The minimum Gasteiger partial charge on any atom is -0.326 e. The average Bonchev–Trinajstić information content (AvgIpc) is 3.36. The summed E-state index contributed by atoms with van der Waals surface area (Å²) in [5.74, 6) is -0.568. The van der Waals surface area contributed by atoms with Crippen LogP contribution in [0.2, 0.25) is 0 Å². The van der Waals surface area contributed by atoms with E-state index in [0.717, 1.165) is 32.1 Å². The van der Waals surface area contributed by atoms with Crippen LogP contribution in [0.25, 0.3) is 0 Å². The van der Waals surface area contributed by atoms with Crippen molar-refractivity contribution in [3.8, 4) is 0 Å². The van der Waals surface area contributed by atoms with Crippen LogP contribution in [0.15, 0.2) is 41.8 Å². The second kappa shape index (κ2) is 8.77. The molecule has 2 fully saturated rings. The molecule has 1 aliphatic heterocycles. The van der Waals surface area contributed by atoms with Crippen LogP contribution in [0.4, 0.5) is 5.69 Å². The third-order valence-electron chi connectivity index (χ3n) is 5.45. The van der Waals surface area contributed by atoms with Crippen molar-refractivity contribution in [2.24, 2.45) is 0 Å². The number of carbonyl (C=O) groups is 3. The molecule has 1 saturated heterocycles. The van der Waals surface area contributed by atoms with Gasteiger partial charge in [-0.15, -0.1) is 0 Å². The number of nitrogens with one attached hydrogen (secondary N) is 1. The summed E-state index contributed by atoms with van der Waals surface area (Å²) in [6.07, 6.45) is 6.34. The molecule has 1 aromatic carbocycles. The first-order chi connectivity index (χ1) is 14.1. The van der Waals surface area contributed by atoms with Crippen LogP contribution in [0, 0.1) is 0 Å². The van der Waals surface area contributed by atoms with Gasteiger partial charge in [0.2, 0.25) is 11.8 Å². The summed E-state index contributed by atoms with van der Waals surface area (Å²) in [7, 11) is 0. The van der Waals surface area contributed by atoms with Gasteiger partial charge in [-0.1, -0.05) is 49.2 Å². The monoisotopic (exact) mass is 413 g/mol. The molecule has 2 heterocycles. The number of carbonyl (C=O) groups excluding carboxylic acids is 3. The lowest BCUT2D eigenvalue weighted by atomic mass is 9.92. The van der Waals surface area contributed by atoms with E-state index >= 15 is 0 Å². The molecule has 4 rings (SSSR count). The smallest absolute Gasteiger partial charge is 0.257 e. The van der Waals surface area contributed by atoms with E-state index < -0.39 is 6.04 Å². The van der Waals surface area contributed by atoms with Crippen molar-refractivity contribution in [3.63, 3.8) is 0 Å². The summed E-state index contributed by atoms with van der Waals surface area (Å²) in [4.78, 5) is 46.0. The first-order valence-electron chi connectivity index (χ1n) is 9.86. The minimum absolute atomic E-state index is 0.0101. The molecule has 2 aliphatic rings. The highest BCUT2D eigenvalue weighted by atomic mass is 32.2. The lowest BCUT2D eigenvalue weighted by Crippen LogP contribution is -2.52. The van der Waals surface area contributed by atoms with E-state index in [-0.39, 0.29) is 35.9 Å². The highest BCUT2D eigenvalue weighted by molar-refractivity contribution is 7.99. The lowest BCUT2D eigenvalue weighted by molar-refractivity contribution is -0.139. The van der Waals surface area contributed by atoms with E-state index in [4.69, 9.17) is 0 Å². The number of benzene rings is 1. The van der Waals surface area contributed by atoms with Crippen molar-refractivity contribution in [2.75, 3.05) is 10.7 Å². The van der Waals surface area contributed by atoms with Crippen molar-refractivity contribution in [1.29, 1.82) is 0 Å². The van der Waals surface area contributed by atoms with E-state index in [1.807, 2.05) is 6.07 Å². The molecule has 0 radical (unpaired) electrons. The Bertz CT molecular complexity index is 868. The number of H-pyrrole nitrogens is 1. The molecular formula is C20H23N5O3S. The topological polar surface area (TPSA) is 99.3 Å². The number of nitrogens with zero attached hydrogens (tertiary/aromatic N) is 4. The molecule has 9 heteroatoms. The number of aromatic nitrogens is 3. The van der Waals surface area contributed by atoms with E-state index in [1.165, 1.54) is 23.0 Å².